The second-order valence-corrected chi connectivity index (χ2v) is 6.18. The molecule has 0 saturated heterocycles. The first-order valence-corrected chi connectivity index (χ1v) is 8.62. The number of nitrogens with one attached hydrogen (secondary N) is 1. The van der Waals surface area contributed by atoms with Crippen molar-refractivity contribution < 1.29 is 28.6 Å². The van der Waals surface area contributed by atoms with E-state index in [1.807, 2.05) is 0 Å². The highest BCUT2D eigenvalue weighted by Gasteiger charge is 2.21. The lowest BCUT2D eigenvalue weighted by molar-refractivity contribution is -0.123. The van der Waals surface area contributed by atoms with Gasteiger partial charge in [0.15, 0.2) is 11.9 Å². The number of ether oxygens (including phenoxy) is 3. The standard InChI is InChI=1S/C21H23NO6/c1-12-18(26-4)10-16(11-19(12)27-5)21(25)28-14(3)20(24)22-17-8-6-15(7-9-17)13(2)23/h6-11,14H,1-5H3,(H,22,24). The summed E-state index contributed by atoms with van der Waals surface area (Å²) in [6.07, 6.45) is -1.03. The Balaban J connectivity index is 2.07. The fraction of sp³-hybridized carbons (Fsp3) is 0.286. The van der Waals surface area contributed by atoms with Crippen molar-refractivity contribution in [2.24, 2.45) is 0 Å². The lowest BCUT2D eigenvalue weighted by atomic mass is 10.1. The molecule has 2 aromatic rings. The van der Waals surface area contributed by atoms with Gasteiger partial charge in [0.25, 0.3) is 5.91 Å². The molecule has 7 nitrogen and oxygen atoms in total. The number of hydrogen-bond donors (Lipinski definition) is 1. The Morgan fingerprint density at radius 3 is 1.93 bits per heavy atom. The van der Waals surface area contributed by atoms with Gasteiger partial charge in [-0.2, -0.15) is 0 Å². The number of hydrogen-bond acceptors (Lipinski definition) is 6. The number of esters is 1. The summed E-state index contributed by atoms with van der Waals surface area (Å²) in [5.41, 5.74) is 2.00. The number of rotatable bonds is 7. The van der Waals surface area contributed by atoms with Crippen LogP contribution in [0.3, 0.4) is 0 Å². The molecule has 1 amide bonds. The van der Waals surface area contributed by atoms with E-state index in [9.17, 15) is 14.4 Å². The Labute approximate surface area is 163 Å². The molecule has 0 heterocycles. The minimum absolute atomic E-state index is 0.0656. The summed E-state index contributed by atoms with van der Waals surface area (Å²) in [7, 11) is 2.98. The van der Waals surface area contributed by atoms with Crippen LogP contribution in [-0.4, -0.2) is 38.0 Å². The molecule has 2 rings (SSSR count). The second-order valence-electron chi connectivity index (χ2n) is 6.18. The van der Waals surface area contributed by atoms with Crippen LogP contribution in [0.25, 0.3) is 0 Å². The maximum Gasteiger partial charge on any atom is 0.339 e. The van der Waals surface area contributed by atoms with Gasteiger partial charge in [-0.15, -0.1) is 0 Å². The monoisotopic (exact) mass is 385 g/mol. The lowest BCUT2D eigenvalue weighted by Gasteiger charge is -2.15. The normalized spacial score (nSPS) is 11.3. The topological polar surface area (TPSA) is 90.9 Å². The van der Waals surface area contributed by atoms with Crippen molar-refractivity contribution in [2.75, 3.05) is 19.5 Å². The molecule has 0 aliphatic heterocycles. The molecular formula is C21H23NO6. The summed E-state index contributed by atoms with van der Waals surface area (Å²) >= 11 is 0. The summed E-state index contributed by atoms with van der Waals surface area (Å²) in [5.74, 6) is -0.270. The van der Waals surface area contributed by atoms with E-state index >= 15 is 0 Å². The van der Waals surface area contributed by atoms with Gasteiger partial charge < -0.3 is 19.5 Å². The van der Waals surface area contributed by atoms with Gasteiger partial charge in [-0.1, -0.05) is 0 Å². The van der Waals surface area contributed by atoms with Gasteiger partial charge in [-0.05, 0) is 57.2 Å². The molecular weight excluding hydrogens is 362 g/mol. The third-order valence-corrected chi connectivity index (χ3v) is 4.20. The van der Waals surface area contributed by atoms with Crippen molar-refractivity contribution >= 4 is 23.3 Å². The maximum atomic E-state index is 12.4. The van der Waals surface area contributed by atoms with Crippen molar-refractivity contribution in [2.45, 2.75) is 26.9 Å². The molecule has 2 aromatic carbocycles. The van der Waals surface area contributed by atoms with Gasteiger partial charge in [0.2, 0.25) is 0 Å². The van der Waals surface area contributed by atoms with Crippen LogP contribution in [0.1, 0.15) is 40.1 Å². The number of anilines is 1. The van der Waals surface area contributed by atoms with Crippen LogP contribution in [0.5, 0.6) is 11.5 Å². The molecule has 1 unspecified atom stereocenters. The molecule has 0 aliphatic rings. The van der Waals surface area contributed by atoms with Gasteiger partial charge in [0, 0.05) is 16.8 Å². The maximum absolute atomic E-state index is 12.4. The molecule has 0 aromatic heterocycles. The van der Waals surface area contributed by atoms with E-state index in [1.54, 1.807) is 31.2 Å². The summed E-state index contributed by atoms with van der Waals surface area (Å²) < 4.78 is 15.7. The van der Waals surface area contributed by atoms with Crippen LogP contribution in [-0.2, 0) is 9.53 Å². The van der Waals surface area contributed by atoms with Gasteiger partial charge in [-0.3, -0.25) is 9.59 Å². The first-order chi connectivity index (χ1) is 13.3. The van der Waals surface area contributed by atoms with Gasteiger partial charge in [0.05, 0.1) is 19.8 Å². The molecule has 28 heavy (non-hydrogen) atoms. The highest BCUT2D eigenvalue weighted by Crippen LogP contribution is 2.29. The minimum Gasteiger partial charge on any atom is -0.496 e. The number of amides is 1. The van der Waals surface area contributed by atoms with Crippen LogP contribution in [0.15, 0.2) is 36.4 Å². The average molecular weight is 385 g/mol. The molecule has 0 saturated carbocycles. The predicted octanol–water partition coefficient (Wildman–Crippen LogP) is 3.40. The number of carbonyl (C=O) groups excluding carboxylic acids is 3. The third kappa shape index (κ3) is 4.88. The summed E-state index contributed by atoms with van der Waals surface area (Å²) in [6.45, 7) is 4.74. The van der Waals surface area contributed by atoms with Crippen molar-refractivity contribution in [1.29, 1.82) is 0 Å². The van der Waals surface area contributed by atoms with E-state index in [1.165, 1.54) is 40.2 Å². The van der Waals surface area contributed by atoms with E-state index in [4.69, 9.17) is 14.2 Å². The van der Waals surface area contributed by atoms with Crippen LogP contribution >= 0.6 is 0 Å². The van der Waals surface area contributed by atoms with Crippen LogP contribution < -0.4 is 14.8 Å². The number of benzene rings is 2. The minimum atomic E-state index is -1.03. The van der Waals surface area contributed by atoms with E-state index in [2.05, 4.69) is 5.32 Å². The Kier molecular flexibility index (Phi) is 6.76. The zero-order chi connectivity index (χ0) is 20.8. The SMILES string of the molecule is COc1cc(C(=O)OC(C)C(=O)Nc2ccc(C(C)=O)cc2)cc(OC)c1C. The first-order valence-electron chi connectivity index (χ1n) is 8.62. The molecule has 0 aliphatic carbocycles. The highest BCUT2D eigenvalue weighted by atomic mass is 16.5. The summed E-state index contributed by atoms with van der Waals surface area (Å²) in [5, 5.41) is 2.64. The van der Waals surface area contributed by atoms with Gasteiger partial charge >= 0.3 is 5.97 Å². The highest BCUT2D eigenvalue weighted by molar-refractivity contribution is 5.98. The quantitative estimate of drug-likeness (QED) is 0.580. The van der Waals surface area contributed by atoms with Crippen LogP contribution in [0, 0.1) is 6.92 Å². The molecule has 0 spiro atoms. The predicted molar refractivity (Wildman–Crippen MR) is 104 cm³/mol. The second kappa shape index (κ2) is 9.03. The molecule has 1 N–H and O–H groups in total. The fourth-order valence-electron chi connectivity index (χ4n) is 2.52. The van der Waals surface area contributed by atoms with Crippen molar-refractivity contribution in [1.82, 2.24) is 0 Å². The number of ketones is 1. The van der Waals surface area contributed by atoms with Gasteiger partial charge in [-0.25, -0.2) is 4.79 Å². The molecule has 0 fully saturated rings. The van der Waals surface area contributed by atoms with E-state index in [-0.39, 0.29) is 11.3 Å². The zero-order valence-corrected chi connectivity index (χ0v) is 16.5. The number of carbonyl (C=O) groups is 3. The van der Waals surface area contributed by atoms with E-state index < -0.39 is 18.0 Å². The van der Waals surface area contributed by atoms with Crippen molar-refractivity contribution in [3.8, 4) is 11.5 Å². The van der Waals surface area contributed by atoms with E-state index in [0.29, 0.717) is 22.7 Å². The molecule has 1 atom stereocenters. The van der Waals surface area contributed by atoms with Crippen LogP contribution in [0.4, 0.5) is 5.69 Å². The summed E-state index contributed by atoms with van der Waals surface area (Å²) in [6, 6.07) is 9.51. The van der Waals surface area contributed by atoms with E-state index in [0.717, 1.165) is 5.56 Å². The van der Waals surface area contributed by atoms with Gasteiger partial charge in [0.1, 0.15) is 11.5 Å². The van der Waals surface area contributed by atoms with Crippen LogP contribution in [0.2, 0.25) is 0 Å². The molecule has 0 radical (unpaired) electrons. The average Bonchev–Trinajstić information content (AvgIpc) is 2.68. The lowest BCUT2D eigenvalue weighted by Crippen LogP contribution is -2.30. The smallest absolute Gasteiger partial charge is 0.339 e. The Morgan fingerprint density at radius 2 is 1.46 bits per heavy atom. The number of Topliss-reactive ketones (excluding diaryl/α,β-unsaturated/α-hetero) is 1. The Morgan fingerprint density at radius 1 is 0.929 bits per heavy atom. The van der Waals surface area contributed by atoms with Crippen molar-refractivity contribution in [3.05, 3.63) is 53.1 Å². The largest absolute Gasteiger partial charge is 0.496 e. The third-order valence-electron chi connectivity index (χ3n) is 4.20. The number of methoxy groups -OCH3 is 2. The molecule has 148 valence electrons. The Bertz CT molecular complexity index is 863. The molecule has 7 heteroatoms. The van der Waals surface area contributed by atoms with Crippen molar-refractivity contribution in [3.63, 3.8) is 0 Å². The Hall–Kier alpha value is -3.35. The summed E-state index contributed by atoms with van der Waals surface area (Å²) in [4.78, 5) is 36.0. The zero-order valence-electron chi connectivity index (χ0n) is 16.5. The molecule has 0 bridgehead atoms. The fourth-order valence-corrected chi connectivity index (χ4v) is 2.52. The first kappa shape index (κ1) is 21.0.